The second-order valence-corrected chi connectivity index (χ2v) is 5.20. The van der Waals surface area contributed by atoms with Gasteiger partial charge in [0, 0.05) is 30.7 Å². The van der Waals surface area contributed by atoms with Crippen LogP contribution in [-0.4, -0.2) is 30.6 Å². The Morgan fingerprint density at radius 1 is 1.13 bits per heavy atom. The molecule has 1 aliphatic heterocycles. The number of carbonyl (C=O) groups is 1. The van der Waals surface area contributed by atoms with Gasteiger partial charge in [0.05, 0.1) is 11.3 Å². The zero-order chi connectivity index (χ0) is 16.1. The number of nitrogens with one attached hydrogen (secondary N) is 2. The summed E-state index contributed by atoms with van der Waals surface area (Å²) in [7, 11) is 0. The van der Waals surface area contributed by atoms with Crippen LogP contribution in [0.4, 0.5) is 11.4 Å². The molecule has 0 bridgehead atoms. The lowest BCUT2D eigenvalue weighted by Crippen LogP contribution is -2.16. The molecule has 3 rings (SSSR count). The molecule has 0 spiro atoms. The van der Waals surface area contributed by atoms with Crippen LogP contribution in [0.15, 0.2) is 36.7 Å². The summed E-state index contributed by atoms with van der Waals surface area (Å²) in [6.07, 6.45) is 4.26. The molecule has 1 amide bonds. The van der Waals surface area contributed by atoms with Crippen LogP contribution in [0.1, 0.15) is 23.7 Å². The van der Waals surface area contributed by atoms with Gasteiger partial charge in [-0.15, -0.1) is 0 Å². The van der Waals surface area contributed by atoms with Gasteiger partial charge in [0.25, 0.3) is 5.91 Å². The highest BCUT2D eigenvalue weighted by Crippen LogP contribution is 2.32. The number of fused-ring (bicyclic) bond motifs is 1. The number of ether oxygens (including phenoxy) is 2. The van der Waals surface area contributed by atoms with E-state index in [4.69, 9.17) is 9.47 Å². The molecule has 1 aliphatic rings. The number of amides is 1. The van der Waals surface area contributed by atoms with Gasteiger partial charge in [0.2, 0.25) is 0 Å². The van der Waals surface area contributed by atoms with Crippen LogP contribution in [0.5, 0.6) is 11.5 Å². The van der Waals surface area contributed by atoms with Crippen LogP contribution in [0, 0.1) is 0 Å². The first-order valence-corrected chi connectivity index (χ1v) is 7.66. The Labute approximate surface area is 134 Å². The molecule has 0 unspecified atom stereocenters. The largest absolute Gasteiger partial charge is 0.486 e. The molecule has 0 radical (unpaired) electrons. The summed E-state index contributed by atoms with van der Waals surface area (Å²) >= 11 is 0. The van der Waals surface area contributed by atoms with Gasteiger partial charge >= 0.3 is 0 Å². The predicted molar refractivity (Wildman–Crippen MR) is 88.4 cm³/mol. The Balaban J connectivity index is 1.71. The maximum absolute atomic E-state index is 12.4. The number of nitrogens with zero attached hydrogens (tertiary/aromatic N) is 1. The lowest BCUT2D eigenvalue weighted by Gasteiger charge is -2.19. The summed E-state index contributed by atoms with van der Waals surface area (Å²) < 4.78 is 11.0. The molecule has 0 atom stereocenters. The maximum Gasteiger partial charge on any atom is 0.257 e. The molecule has 2 N–H and O–H groups in total. The Hall–Kier alpha value is -2.76. The van der Waals surface area contributed by atoms with E-state index in [2.05, 4.69) is 22.5 Å². The molecule has 23 heavy (non-hydrogen) atoms. The van der Waals surface area contributed by atoms with Crippen LogP contribution >= 0.6 is 0 Å². The Bertz CT molecular complexity index is 703. The molecular formula is C17H19N3O3. The van der Waals surface area contributed by atoms with Crippen LogP contribution in [0.2, 0.25) is 0 Å². The Kier molecular flexibility index (Phi) is 4.61. The number of rotatable bonds is 5. The minimum Gasteiger partial charge on any atom is -0.486 e. The Morgan fingerprint density at radius 3 is 2.78 bits per heavy atom. The number of anilines is 2. The first kappa shape index (κ1) is 15.1. The number of carbonyl (C=O) groups excluding carboxylic acids is 1. The first-order chi connectivity index (χ1) is 11.3. The van der Waals surface area contributed by atoms with Gasteiger partial charge in [-0.3, -0.25) is 9.78 Å². The summed E-state index contributed by atoms with van der Waals surface area (Å²) in [4.78, 5) is 16.5. The van der Waals surface area contributed by atoms with E-state index in [9.17, 15) is 4.79 Å². The molecule has 0 aliphatic carbocycles. The third-order valence-electron chi connectivity index (χ3n) is 3.38. The molecule has 0 saturated carbocycles. The molecule has 1 aromatic carbocycles. The second-order valence-electron chi connectivity index (χ2n) is 5.20. The number of pyridine rings is 1. The van der Waals surface area contributed by atoms with Crippen molar-refractivity contribution in [2.75, 3.05) is 30.4 Å². The van der Waals surface area contributed by atoms with Crippen molar-refractivity contribution in [1.82, 2.24) is 4.98 Å². The van der Waals surface area contributed by atoms with Crippen molar-refractivity contribution in [3.05, 3.63) is 42.2 Å². The van der Waals surface area contributed by atoms with Crippen LogP contribution in [0.3, 0.4) is 0 Å². The fourth-order valence-corrected chi connectivity index (χ4v) is 2.25. The minimum atomic E-state index is -0.214. The highest BCUT2D eigenvalue weighted by molar-refractivity contribution is 6.04. The van der Waals surface area contributed by atoms with Crippen LogP contribution in [0.25, 0.3) is 0 Å². The highest BCUT2D eigenvalue weighted by atomic mass is 16.6. The maximum atomic E-state index is 12.4. The molecule has 0 saturated heterocycles. The van der Waals surface area contributed by atoms with Crippen molar-refractivity contribution < 1.29 is 14.3 Å². The number of aromatic nitrogens is 1. The van der Waals surface area contributed by atoms with Crippen molar-refractivity contribution in [2.45, 2.75) is 13.3 Å². The number of hydrogen-bond donors (Lipinski definition) is 2. The molecule has 2 aromatic rings. The van der Waals surface area contributed by atoms with Crippen molar-refractivity contribution in [3.8, 4) is 11.5 Å². The highest BCUT2D eigenvalue weighted by Gasteiger charge is 2.13. The predicted octanol–water partition coefficient (Wildman–Crippen LogP) is 2.93. The number of benzene rings is 1. The Morgan fingerprint density at radius 2 is 1.96 bits per heavy atom. The first-order valence-electron chi connectivity index (χ1n) is 7.66. The second kappa shape index (κ2) is 7.00. The minimum absolute atomic E-state index is 0.214. The molecule has 6 nitrogen and oxygen atoms in total. The topological polar surface area (TPSA) is 72.5 Å². The van der Waals surface area contributed by atoms with Crippen molar-refractivity contribution in [2.24, 2.45) is 0 Å². The van der Waals surface area contributed by atoms with Gasteiger partial charge in [-0.25, -0.2) is 0 Å². The van der Waals surface area contributed by atoms with Crippen molar-refractivity contribution >= 4 is 17.3 Å². The summed E-state index contributed by atoms with van der Waals surface area (Å²) in [5.74, 6) is 1.13. The van der Waals surface area contributed by atoms with Crippen LogP contribution < -0.4 is 20.1 Å². The molecule has 0 fully saturated rings. The zero-order valence-electron chi connectivity index (χ0n) is 13.0. The standard InChI is InChI=1S/C17H19N3O3/c1-2-5-19-14-8-12(10-18-11-14)17(21)20-13-3-4-15-16(9-13)23-7-6-22-15/h3-4,8-11,19H,2,5-7H2,1H3,(H,20,21). The molecule has 1 aromatic heterocycles. The van der Waals surface area contributed by atoms with E-state index in [1.54, 1.807) is 36.7 Å². The summed E-state index contributed by atoms with van der Waals surface area (Å²) in [6.45, 7) is 3.98. The van der Waals surface area contributed by atoms with Crippen LogP contribution in [-0.2, 0) is 0 Å². The SMILES string of the molecule is CCCNc1cncc(C(=O)Nc2ccc3c(c2)OCCO3)c1. The smallest absolute Gasteiger partial charge is 0.257 e. The van der Waals surface area contributed by atoms with Gasteiger partial charge in [0.15, 0.2) is 11.5 Å². The average Bonchev–Trinajstić information content (AvgIpc) is 2.60. The normalized spacial score (nSPS) is 12.6. The quantitative estimate of drug-likeness (QED) is 0.888. The summed E-state index contributed by atoms with van der Waals surface area (Å²) in [6, 6.07) is 7.13. The van der Waals surface area contributed by atoms with Crippen molar-refractivity contribution in [1.29, 1.82) is 0 Å². The molecule has 120 valence electrons. The lowest BCUT2D eigenvalue weighted by molar-refractivity contribution is 0.102. The van der Waals surface area contributed by atoms with E-state index in [1.807, 2.05) is 0 Å². The van der Waals surface area contributed by atoms with Gasteiger partial charge in [-0.05, 0) is 24.6 Å². The fraction of sp³-hybridized carbons (Fsp3) is 0.294. The van der Waals surface area contributed by atoms with Crippen molar-refractivity contribution in [3.63, 3.8) is 0 Å². The van der Waals surface area contributed by atoms with Gasteiger partial charge in [-0.1, -0.05) is 6.92 Å². The van der Waals surface area contributed by atoms with Gasteiger partial charge in [-0.2, -0.15) is 0 Å². The van der Waals surface area contributed by atoms with E-state index in [1.165, 1.54) is 0 Å². The summed E-state index contributed by atoms with van der Waals surface area (Å²) in [5.41, 5.74) is 1.99. The van der Waals surface area contributed by atoms with E-state index in [0.29, 0.717) is 36.0 Å². The average molecular weight is 313 g/mol. The zero-order valence-corrected chi connectivity index (χ0v) is 13.0. The van der Waals surface area contributed by atoms with Gasteiger partial charge in [0.1, 0.15) is 13.2 Å². The summed E-state index contributed by atoms with van der Waals surface area (Å²) in [5, 5.41) is 6.06. The lowest BCUT2D eigenvalue weighted by atomic mass is 10.2. The third-order valence-corrected chi connectivity index (χ3v) is 3.38. The molecular weight excluding hydrogens is 294 g/mol. The van der Waals surface area contributed by atoms with E-state index in [-0.39, 0.29) is 5.91 Å². The number of hydrogen-bond acceptors (Lipinski definition) is 5. The fourth-order valence-electron chi connectivity index (χ4n) is 2.25. The van der Waals surface area contributed by atoms with E-state index < -0.39 is 0 Å². The third kappa shape index (κ3) is 3.71. The van der Waals surface area contributed by atoms with E-state index >= 15 is 0 Å². The van der Waals surface area contributed by atoms with Gasteiger partial charge < -0.3 is 20.1 Å². The monoisotopic (exact) mass is 313 g/mol. The van der Waals surface area contributed by atoms with E-state index in [0.717, 1.165) is 18.7 Å². The molecule has 6 heteroatoms. The molecule has 2 heterocycles.